The van der Waals surface area contributed by atoms with Gasteiger partial charge in [0.15, 0.2) is 0 Å². The van der Waals surface area contributed by atoms with E-state index in [1.54, 1.807) is 0 Å². The molecule has 1 aliphatic carbocycles. The molecule has 0 spiro atoms. The molecule has 0 radical (unpaired) electrons. The highest BCUT2D eigenvalue weighted by atomic mass is 14.3. The van der Waals surface area contributed by atoms with Crippen LogP contribution in [0.25, 0.3) is 0 Å². The minimum absolute atomic E-state index is 0.987. The van der Waals surface area contributed by atoms with Gasteiger partial charge >= 0.3 is 0 Å². The van der Waals surface area contributed by atoms with E-state index < -0.39 is 0 Å². The SMILES string of the molecule is CCC(CC)C1CC(C)CCC1C. The summed E-state index contributed by atoms with van der Waals surface area (Å²) in [4.78, 5) is 0. The molecule has 0 aromatic heterocycles. The van der Waals surface area contributed by atoms with Crippen LogP contribution in [0.2, 0.25) is 0 Å². The molecule has 0 bridgehead atoms. The molecule has 0 aromatic carbocycles. The van der Waals surface area contributed by atoms with Gasteiger partial charge in [-0.3, -0.25) is 0 Å². The summed E-state index contributed by atoms with van der Waals surface area (Å²) >= 11 is 0. The Hall–Kier alpha value is 0. The molecule has 0 heteroatoms. The van der Waals surface area contributed by atoms with Crippen LogP contribution in [-0.2, 0) is 0 Å². The molecule has 1 fully saturated rings. The fourth-order valence-electron chi connectivity index (χ4n) is 3.13. The number of hydrogen-bond acceptors (Lipinski definition) is 0. The lowest BCUT2D eigenvalue weighted by molar-refractivity contribution is 0.132. The molecular formula is C13H26. The Balaban J connectivity index is 2.53. The van der Waals surface area contributed by atoms with Crippen LogP contribution in [0, 0.1) is 23.7 Å². The average Bonchev–Trinajstić information content (AvgIpc) is 2.13. The fourth-order valence-corrected chi connectivity index (χ4v) is 3.13. The van der Waals surface area contributed by atoms with Gasteiger partial charge in [0.05, 0.1) is 0 Å². The zero-order chi connectivity index (χ0) is 9.84. The van der Waals surface area contributed by atoms with E-state index in [4.69, 9.17) is 0 Å². The second kappa shape index (κ2) is 5.02. The van der Waals surface area contributed by atoms with E-state index in [1.807, 2.05) is 0 Å². The molecule has 0 nitrogen and oxygen atoms in total. The van der Waals surface area contributed by atoms with E-state index in [1.165, 1.54) is 32.1 Å². The van der Waals surface area contributed by atoms with E-state index in [0.29, 0.717) is 0 Å². The van der Waals surface area contributed by atoms with Crippen molar-refractivity contribution in [3.05, 3.63) is 0 Å². The first-order valence-corrected chi connectivity index (χ1v) is 6.19. The van der Waals surface area contributed by atoms with E-state index >= 15 is 0 Å². The van der Waals surface area contributed by atoms with Crippen molar-refractivity contribution in [2.45, 2.75) is 59.8 Å². The van der Waals surface area contributed by atoms with E-state index in [2.05, 4.69) is 27.7 Å². The Morgan fingerprint density at radius 2 is 1.69 bits per heavy atom. The van der Waals surface area contributed by atoms with Crippen molar-refractivity contribution >= 4 is 0 Å². The maximum atomic E-state index is 2.47. The Morgan fingerprint density at radius 3 is 2.23 bits per heavy atom. The van der Waals surface area contributed by atoms with Gasteiger partial charge < -0.3 is 0 Å². The first-order chi connectivity index (χ1) is 6.19. The van der Waals surface area contributed by atoms with Crippen molar-refractivity contribution in [2.75, 3.05) is 0 Å². The summed E-state index contributed by atoms with van der Waals surface area (Å²) < 4.78 is 0. The molecule has 0 heterocycles. The summed E-state index contributed by atoms with van der Waals surface area (Å²) in [5.74, 6) is 4.00. The summed E-state index contributed by atoms with van der Waals surface area (Å²) in [5.41, 5.74) is 0. The van der Waals surface area contributed by atoms with E-state index in [-0.39, 0.29) is 0 Å². The van der Waals surface area contributed by atoms with Crippen LogP contribution in [0.3, 0.4) is 0 Å². The molecule has 1 saturated carbocycles. The minimum atomic E-state index is 0.987. The molecule has 0 saturated heterocycles. The third kappa shape index (κ3) is 2.72. The second-order valence-corrected chi connectivity index (χ2v) is 5.14. The molecule has 0 aliphatic heterocycles. The average molecular weight is 182 g/mol. The van der Waals surface area contributed by atoms with Gasteiger partial charge in [0.2, 0.25) is 0 Å². The molecule has 0 N–H and O–H groups in total. The summed E-state index contributed by atoms with van der Waals surface area (Å²) in [6.07, 6.45) is 7.21. The normalized spacial score (nSPS) is 35.3. The maximum absolute atomic E-state index is 2.47. The largest absolute Gasteiger partial charge is 0.0651 e. The zero-order valence-corrected chi connectivity index (χ0v) is 9.84. The summed E-state index contributed by atoms with van der Waals surface area (Å²) in [6, 6.07) is 0. The van der Waals surface area contributed by atoms with Crippen molar-refractivity contribution in [1.29, 1.82) is 0 Å². The molecule has 13 heavy (non-hydrogen) atoms. The number of rotatable bonds is 3. The Labute approximate surface area is 84.1 Å². The zero-order valence-electron chi connectivity index (χ0n) is 9.84. The van der Waals surface area contributed by atoms with Crippen LogP contribution in [0.4, 0.5) is 0 Å². The third-order valence-corrected chi connectivity index (χ3v) is 4.17. The molecular weight excluding hydrogens is 156 g/mol. The van der Waals surface area contributed by atoms with Gasteiger partial charge in [-0.05, 0) is 30.1 Å². The van der Waals surface area contributed by atoms with Crippen molar-refractivity contribution in [3.8, 4) is 0 Å². The molecule has 1 rings (SSSR count). The quantitative estimate of drug-likeness (QED) is 0.603. The van der Waals surface area contributed by atoms with Crippen LogP contribution in [0.5, 0.6) is 0 Å². The lowest BCUT2D eigenvalue weighted by Crippen LogP contribution is -2.27. The monoisotopic (exact) mass is 182 g/mol. The molecule has 0 amide bonds. The van der Waals surface area contributed by atoms with Gasteiger partial charge in [-0.25, -0.2) is 0 Å². The Morgan fingerprint density at radius 1 is 1.08 bits per heavy atom. The van der Waals surface area contributed by atoms with Crippen molar-refractivity contribution in [3.63, 3.8) is 0 Å². The van der Waals surface area contributed by atoms with Crippen LogP contribution < -0.4 is 0 Å². The van der Waals surface area contributed by atoms with E-state index in [0.717, 1.165) is 23.7 Å². The van der Waals surface area contributed by atoms with Gasteiger partial charge in [-0.2, -0.15) is 0 Å². The predicted octanol–water partition coefficient (Wildman–Crippen LogP) is 4.49. The summed E-state index contributed by atoms with van der Waals surface area (Å²) in [5, 5.41) is 0. The molecule has 0 aromatic rings. The van der Waals surface area contributed by atoms with Gasteiger partial charge in [0.1, 0.15) is 0 Å². The predicted molar refractivity (Wildman–Crippen MR) is 59.7 cm³/mol. The smallest absolute Gasteiger partial charge is 0.0358 e. The molecule has 1 aliphatic rings. The second-order valence-electron chi connectivity index (χ2n) is 5.14. The first kappa shape index (κ1) is 11.1. The highest BCUT2D eigenvalue weighted by Gasteiger charge is 2.29. The maximum Gasteiger partial charge on any atom is -0.0358 e. The molecule has 78 valence electrons. The lowest BCUT2D eigenvalue weighted by Gasteiger charge is -2.37. The highest BCUT2D eigenvalue weighted by Crippen LogP contribution is 2.40. The van der Waals surface area contributed by atoms with Crippen LogP contribution >= 0.6 is 0 Å². The summed E-state index contributed by atoms with van der Waals surface area (Å²) in [6.45, 7) is 9.62. The van der Waals surface area contributed by atoms with Crippen molar-refractivity contribution < 1.29 is 0 Å². The third-order valence-electron chi connectivity index (χ3n) is 4.17. The van der Waals surface area contributed by atoms with Crippen molar-refractivity contribution in [2.24, 2.45) is 23.7 Å². The Kier molecular flexibility index (Phi) is 4.28. The van der Waals surface area contributed by atoms with Crippen LogP contribution in [0.1, 0.15) is 59.8 Å². The minimum Gasteiger partial charge on any atom is -0.0651 e. The topological polar surface area (TPSA) is 0 Å². The summed E-state index contributed by atoms with van der Waals surface area (Å²) in [7, 11) is 0. The highest BCUT2D eigenvalue weighted by molar-refractivity contribution is 4.80. The first-order valence-electron chi connectivity index (χ1n) is 6.19. The van der Waals surface area contributed by atoms with Crippen LogP contribution in [0.15, 0.2) is 0 Å². The standard InChI is InChI=1S/C13H26/c1-5-12(6-2)13-9-10(3)7-8-11(13)4/h10-13H,5-9H2,1-4H3. The van der Waals surface area contributed by atoms with Gasteiger partial charge in [0.25, 0.3) is 0 Å². The fraction of sp³-hybridized carbons (Fsp3) is 1.00. The van der Waals surface area contributed by atoms with Crippen LogP contribution in [-0.4, -0.2) is 0 Å². The Bertz CT molecular complexity index is 135. The van der Waals surface area contributed by atoms with Gasteiger partial charge in [0, 0.05) is 0 Å². The van der Waals surface area contributed by atoms with Crippen molar-refractivity contribution in [1.82, 2.24) is 0 Å². The van der Waals surface area contributed by atoms with E-state index in [9.17, 15) is 0 Å². The number of hydrogen-bond donors (Lipinski definition) is 0. The molecule has 3 atom stereocenters. The van der Waals surface area contributed by atoms with Gasteiger partial charge in [-0.15, -0.1) is 0 Å². The lowest BCUT2D eigenvalue weighted by atomic mass is 9.68. The van der Waals surface area contributed by atoms with Gasteiger partial charge in [-0.1, -0.05) is 53.4 Å². The molecule has 3 unspecified atom stereocenters.